The lowest BCUT2D eigenvalue weighted by atomic mass is 9.64. The van der Waals surface area contributed by atoms with E-state index in [1.54, 1.807) is 6.26 Å². The molecule has 2 fully saturated rings. The number of nitrogens with one attached hydrogen (secondary N) is 2. The van der Waals surface area contributed by atoms with Crippen LogP contribution in [0.1, 0.15) is 37.0 Å². The van der Waals surface area contributed by atoms with E-state index in [0.29, 0.717) is 5.92 Å². The Morgan fingerprint density at radius 1 is 1.11 bits per heavy atom. The fourth-order valence-corrected chi connectivity index (χ4v) is 4.08. The van der Waals surface area contributed by atoms with Gasteiger partial charge in [0.05, 0.1) is 19.4 Å². The van der Waals surface area contributed by atoms with Gasteiger partial charge in [0.25, 0.3) is 0 Å². The van der Waals surface area contributed by atoms with Crippen molar-refractivity contribution in [3.8, 4) is 0 Å². The van der Waals surface area contributed by atoms with Gasteiger partial charge in [0, 0.05) is 37.5 Å². The first kappa shape index (κ1) is 19.1. The van der Waals surface area contributed by atoms with Crippen LogP contribution in [0, 0.1) is 5.92 Å². The number of hydrogen-bond donors (Lipinski definition) is 2. The van der Waals surface area contributed by atoms with Crippen LogP contribution in [-0.4, -0.2) is 38.8 Å². The van der Waals surface area contributed by atoms with E-state index in [2.05, 4.69) is 41.0 Å². The Balaban J connectivity index is 1.38. The second-order valence-corrected chi connectivity index (χ2v) is 8.03. The van der Waals surface area contributed by atoms with Gasteiger partial charge in [-0.1, -0.05) is 36.8 Å². The van der Waals surface area contributed by atoms with Gasteiger partial charge in [0.2, 0.25) is 0 Å². The van der Waals surface area contributed by atoms with Gasteiger partial charge in [0.15, 0.2) is 5.96 Å². The zero-order valence-electron chi connectivity index (χ0n) is 16.5. The lowest BCUT2D eigenvalue weighted by molar-refractivity contribution is 0.186. The Morgan fingerprint density at radius 3 is 2.68 bits per heavy atom. The predicted octanol–water partition coefficient (Wildman–Crippen LogP) is 3.52. The number of furan rings is 1. The van der Waals surface area contributed by atoms with Crippen LogP contribution in [0.15, 0.2) is 58.1 Å². The zero-order chi connectivity index (χ0) is 19.1. The van der Waals surface area contributed by atoms with E-state index < -0.39 is 0 Å². The highest BCUT2D eigenvalue weighted by molar-refractivity contribution is 5.79. The van der Waals surface area contributed by atoms with Crippen LogP contribution in [0.2, 0.25) is 0 Å². The second-order valence-electron chi connectivity index (χ2n) is 8.03. The smallest absolute Gasteiger partial charge is 0.191 e. The lowest BCUT2D eigenvalue weighted by Gasteiger charge is -2.41. The third kappa shape index (κ3) is 4.76. The number of rotatable bonds is 8. The van der Waals surface area contributed by atoms with Gasteiger partial charge in [-0.25, -0.2) is 0 Å². The molecular weight excluding hydrogens is 350 g/mol. The highest BCUT2D eigenvalue weighted by Crippen LogP contribution is 2.43. The first-order valence-corrected chi connectivity index (χ1v) is 10.5. The summed E-state index contributed by atoms with van der Waals surface area (Å²) in [6.07, 6.45) is 7.43. The van der Waals surface area contributed by atoms with Crippen LogP contribution in [0.25, 0.3) is 0 Å². The molecule has 2 aliphatic rings. The Kier molecular flexibility index (Phi) is 6.32. The molecular formula is C23H31N3O2. The van der Waals surface area contributed by atoms with Crippen molar-refractivity contribution in [2.75, 3.05) is 32.8 Å². The van der Waals surface area contributed by atoms with Crippen molar-refractivity contribution in [1.82, 2.24) is 10.6 Å². The van der Waals surface area contributed by atoms with Crippen molar-refractivity contribution >= 4 is 5.96 Å². The van der Waals surface area contributed by atoms with E-state index >= 15 is 0 Å². The van der Waals surface area contributed by atoms with Gasteiger partial charge in [-0.15, -0.1) is 0 Å². The number of nitrogens with zero attached hydrogens (tertiary/aromatic N) is 1. The molecule has 0 amide bonds. The number of ether oxygens (including phenoxy) is 1. The van der Waals surface area contributed by atoms with Crippen molar-refractivity contribution in [2.45, 2.75) is 37.5 Å². The van der Waals surface area contributed by atoms with Crippen LogP contribution in [-0.2, 0) is 16.6 Å². The molecule has 1 aromatic carbocycles. The summed E-state index contributed by atoms with van der Waals surface area (Å²) in [4.78, 5) is 5.00. The Bertz CT molecular complexity index is 732. The van der Waals surface area contributed by atoms with Crippen molar-refractivity contribution in [2.24, 2.45) is 10.9 Å². The molecule has 2 N–H and O–H groups in total. The van der Waals surface area contributed by atoms with Crippen LogP contribution in [0.3, 0.4) is 0 Å². The topological polar surface area (TPSA) is 58.8 Å². The summed E-state index contributed by atoms with van der Waals surface area (Å²) in [5.74, 6) is 2.47. The van der Waals surface area contributed by atoms with Gasteiger partial charge < -0.3 is 19.8 Å². The molecule has 2 aromatic rings. The molecule has 1 aliphatic heterocycles. The van der Waals surface area contributed by atoms with Gasteiger partial charge >= 0.3 is 0 Å². The Labute approximate surface area is 167 Å². The van der Waals surface area contributed by atoms with Gasteiger partial charge in [0.1, 0.15) is 5.76 Å². The fourth-order valence-electron chi connectivity index (χ4n) is 4.08. The molecule has 28 heavy (non-hydrogen) atoms. The van der Waals surface area contributed by atoms with Crippen LogP contribution < -0.4 is 10.6 Å². The largest absolute Gasteiger partial charge is 0.469 e. The van der Waals surface area contributed by atoms with E-state index in [-0.39, 0.29) is 5.41 Å². The summed E-state index contributed by atoms with van der Waals surface area (Å²) < 4.78 is 10.9. The maximum atomic E-state index is 5.51. The Hall–Kier alpha value is -2.27. The van der Waals surface area contributed by atoms with Crippen LogP contribution in [0.5, 0.6) is 0 Å². The molecule has 1 unspecified atom stereocenters. The summed E-state index contributed by atoms with van der Waals surface area (Å²) in [6.45, 7) is 4.26. The van der Waals surface area contributed by atoms with Crippen molar-refractivity contribution in [3.05, 3.63) is 60.1 Å². The quantitative estimate of drug-likeness (QED) is 0.543. The molecule has 0 bridgehead atoms. The Morgan fingerprint density at radius 2 is 2.00 bits per heavy atom. The number of hydrogen-bond acceptors (Lipinski definition) is 3. The third-order valence-corrected chi connectivity index (χ3v) is 6.06. The van der Waals surface area contributed by atoms with E-state index in [1.165, 1.54) is 24.8 Å². The highest BCUT2D eigenvalue weighted by Gasteiger charge is 2.38. The van der Waals surface area contributed by atoms with Gasteiger partial charge in [-0.2, -0.15) is 0 Å². The molecule has 1 saturated heterocycles. The third-order valence-electron chi connectivity index (χ3n) is 6.06. The molecule has 5 nitrogen and oxygen atoms in total. The molecule has 4 rings (SSSR count). The van der Waals surface area contributed by atoms with E-state index in [9.17, 15) is 0 Å². The molecule has 150 valence electrons. The molecule has 1 aromatic heterocycles. The molecule has 1 saturated carbocycles. The average Bonchev–Trinajstić information content (AvgIpc) is 3.39. The van der Waals surface area contributed by atoms with E-state index in [0.717, 1.165) is 57.4 Å². The van der Waals surface area contributed by atoms with Crippen LogP contribution in [0.4, 0.5) is 0 Å². The lowest BCUT2D eigenvalue weighted by Crippen LogP contribution is -2.43. The zero-order valence-corrected chi connectivity index (χ0v) is 16.5. The van der Waals surface area contributed by atoms with E-state index in [1.807, 2.05) is 12.1 Å². The first-order valence-electron chi connectivity index (χ1n) is 10.5. The monoisotopic (exact) mass is 381 g/mol. The molecule has 0 radical (unpaired) electrons. The van der Waals surface area contributed by atoms with Crippen molar-refractivity contribution in [1.29, 1.82) is 0 Å². The molecule has 1 aliphatic carbocycles. The van der Waals surface area contributed by atoms with E-state index in [4.69, 9.17) is 14.1 Å². The molecule has 5 heteroatoms. The number of guanidine groups is 1. The SMILES string of the molecule is c1ccc(C2(CN=C(NCCc3ccco3)NCC3CCOC3)CCC2)cc1. The minimum Gasteiger partial charge on any atom is -0.469 e. The van der Waals surface area contributed by atoms with Gasteiger partial charge in [-0.05, 0) is 37.0 Å². The van der Waals surface area contributed by atoms with Crippen LogP contribution >= 0.6 is 0 Å². The highest BCUT2D eigenvalue weighted by atomic mass is 16.5. The summed E-state index contributed by atoms with van der Waals surface area (Å²) >= 11 is 0. The standard InChI is InChI=1S/C23H31N3O2/c1-2-6-20(7-3-1)23(11-5-12-23)18-26-22(25-16-19-10-15-27-17-19)24-13-9-21-8-4-14-28-21/h1-4,6-8,14,19H,5,9-13,15-18H2,(H2,24,25,26). The normalized spacial score (nSPS) is 21.3. The summed E-state index contributed by atoms with van der Waals surface area (Å²) in [6, 6.07) is 14.8. The van der Waals surface area contributed by atoms with Crippen molar-refractivity contribution < 1.29 is 9.15 Å². The van der Waals surface area contributed by atoms with Crippen molar-refractivity contribution in [3.63, 3.8) is 0 Å². The summed E-state index contributed by atoms with van der Waals surface area (Å²) in [5, 5.41) is 7.03. The predicted molar refractivity (Wildman–Crippen MR) is 112 cm³/mol. The molecule has 0 spiro atoms. The fraction of sp³-hybridized carbons (Fsp3) is 0.522. The second kappa shape index (κ2) is 9.28. The molecule has 1 atom stereocenters. The number of benzene rings is 1. The first-order chi connectivity index (χ1) is 13.8. The summed E-state index contributed by atoms with van der Waals surface area (Å²) in [5.41, 5.74) is 1.62. The maximum absolute atomic E-state index is 5.51. The molecule has 2 heterocycles. The number of aliphatic imine (C=N–C) groups is 1. The maximum Gasteiger partial charge on any atom is 0.191 e. The van der Waals surface area contributed by atoms with Gasteiger partial charge in [-0.3, -0.25) is 4.99 Å². The minimum atomic E-state index is 0.202. The summed E-state index contributed by atoms with van der Waals surface area (Å²) in [7, 11) is 0. The minimum absolute atomic E-state index is 0.202. The average molecular weight is 382 g/mol.